The van der Waals surface area contributed by atoms with Gasteiger partial charge in [0.2, 0.25) is 11.8 Å². The van der Waals surface area contributed by atoms with Crippen molar-refractivity contribution in [2.24, 2.45) is 0 Å². The van der Waals surface area contributed by atoms with Crippen molar-refractivity contribution in [3.05, 3.63) is 53.9 Å². The Bertz CT molecular complexity index is 1240. The van der Waals surface area contributed by atoms with Crippen molar-refractivity contribution in [2.45, 2.75) is 12.3 Å². The molecule has 3 heterocycles. The fourth-order valence-corrected chi connectivity index (χ4v) is 3.78. The van der Waals surface area contributed by atoms with Gasteiger partial charge in [0.15, 0.2) is 0 Å². The van der Waals surface area contributed by atoms with E-state index < -0.39 is 5.41 Å². The summed E-state index contributed by atoms with van der Waals surface area (Å²) in [4.78, 5) is 37.6. The lowest BCUT2D eigenvalue weighted by Crippen LogP contribution is -2.35. The zero-order valence-electron chi connectivity index (χ0n) is 17.4. The van der Waals surface area contributed by atoms with Crippen molar-refractivity contribution >= 4 is 37.2 Å². The van der Waals surface area contributed by atoms with Crippen molar-refractivity contribution in [3.8, 4) is 23.2 Å². The number of aldehydes is 1. The van der Waals surface area contributed by atoms with Gasteiger partial charge in [0.25, 0.3) is 0 Å². The number of pyridine rings is 1. The monoisotopic (exact) mass is 425 g/mol. The van der Waals surface area contributed by atoms with E-state index in [1.165, 1.54) is 14.5 Å². The van der Waals surface area contributed by atoms with E-state index in [-0.39, 0.29) is 6.54 Å². The molecule has 1 atom stereocenters. The molecule has 0 saturated heterocycles. The first kappa shape index (κ1) is 21.0. The molecule has 10 heteroatoms. The molecule has 9 nitrogen and oxygen atoms in total. The number of aromatic nitrogens is 3. The molecule has 1 aliphatic heterocycles. The molecule has 1 aliphatic rings. The summed E-state index contributed by atoms with van der Waals surface area (Å²) in [5, 5.41) is 12.9. The van der Waals surface area contributed by atoms with Crippen LogP contribution in [-0.4, -0.2) is 48.5 Å². The fourth-order valence-electron chi connectivity index (χ4n) is 3.78. The zero-order chi connectivity index (χ0) is 22.7. The number of benzene rings is 1. The van der Waals surface area contributed by atoms with Crippen LogP contribution in [0.1, 0.15) is 18.1 Å². The molecule has 1 N–H and O–H groups in total. The van der Waals surface area contributed by atoms with E-state index in [1.54, 1.807) is 48.4 Å². The molecule has 0 amide bonds. The lowest BCUT2D eigenvalue weighted by Gasteiger charge is -2.18. The first-order chi connectivity index (χ1) is 15.5. The van der Waals surface area contributed by atoms with Crippen LogP contribution in [0.5, 0.6) is 5.88 Å². The van der Waals surface area contributed by atoms with Crippen LogP contribution in [0.25, 0.3) is 11.3 Å². The second-order valence-electron chi connectivity index (χ2n) is 7.43. The summed E-state index contributed by atoms with van der Waals surface area (Å²) >= 11 is 0. The molecule has 157 valence electrons. The van der Waals surface area contributed by atoms with Crippen LogP contribution >= 0.6 is 0 Å². The molecular formula is C22H18BN6O3. The summed E-state index contributed by atoms with van der Waals surface area (Å²) in [6.45, 7) is 2.06. The maximum Gasteiger partial charge on any atom is 0.329 e. The van der Waals surface area contributed by atoms with Crippen molar-refractivity contribution in [1.82, 2.24) is 15.0 Å². The normalized spacial score (nSPS) is 16.6. The van der Waals surface area contributed by atoms with E-state index in [9.17, 15) is 14.9 Å². The number of carbonyl (C=O) groups is 2. The Balaban J connectivity index is 1.78. The lowest BCUT2D eigenvalue weighted by molar-refractivity contribution is -0.111. The summed E-state index contributed by atoms with van der Waals surface area (Å²) in [7, 11) is 2.86. The molecule has 1 unspecified atom stereocenters. The predicted molar refractivity (Wildman–Crippen MR) is 120 cm³/mol. The highest BCUT2D eigenvalue weighted by Gasteiger charge is 2.40. The maximum absolute atomic E-state index is 11.9. The van der Waals surface area contributed by atoms with Crippen LogP contribution in [-0.2, 0) is 15.0 Å². The Morgan fingerprint density at radius 2 is 2.12 bits per heavy atom. The van der Waals surface area contributed by atoms with Crippen LogP contribution in [0.15, 0.2) is 42.7 Å². The summed E-state index contributed by atoms with van der Waals surface area (Å²) in [6.07, 6.45) is 4.70. The standard InChI is InChI=1S/C22H18BN6O3/c1-22(12-30)11-29(23-13-31)19-15(10-24)8-14(9-16(19)22)17-5-7-26-21(27-17)28-18-4-3-6-25-20(18)32-2/h3-9,12-13H,11H2,1-2H3,(H,26,27,28). The third kappa shape index (κ3) is 3.65. The molecule has 1 radical (unpaired) electrons. The van der Waals surface area contributed by atoms with Crippen molar-refractivity contribution in [3.63, 3.8) is 0 Å². The number of fused-ring (bicyclic) bond motifs is 1. The van der Waals surface area contributed by atoms with E-state index >= 15 is 0 Å². The Labute approximate surface area is 185 Å². The zero-order valence-corrected chi connectivity index (χ0v) is 17.4. The van der Waals surface area contributed by atoms with Gasteiger partial charge in [-0.2, -0.15) is 5.26 Å². The molecule has 3 aromatic rings. The number of hydrogen-bond acceptors (Lipinski definition) is 9. The van der Waals surface area contributed by atoms with Gasteiger partial charge in [-0.05, 0) is 42.8 Å². The minimum Gasteiger partial charge on any atom is -0.480 e. The van der Waals surface area contributed by atoms with E-state index in [4.69, 9.17) is 4.74 Å². The molecule has 0 bridgehead atoms. The number of hydrogen-bond donors (Lipinski definition) is 1. The Morgan fingerprint density at radius 3 is 2.84 bits per heavy atom. The molecule has 1 aromatic carbocycles. The number of anilines is 3. The first-order valence-electron chi connectivity index (χ1n) is 9.72. The maximum atomic E-state index is 11.9. The van der Waals surface area contributed by atoms with Crippen molar-refractivity contribution in [1.29, 1.82) is 5.26 Å². The average Bonchev–Trinajstić information content (AvgIpc) is 3.11. The minimum absolute atomic E-state index is 0.278. The average molecular weight is 425 g/mol. The van der Waals surface area contributed by atoms with Gasteiger partial charge in [-0.1, -0.05) is 0 Å². The second kappa shape index (κ2) is 8.47. The van der Waals surface area contributed by atoms with Gasteiger partial charge in [-0.3, -0.25) is 0 Å². The predicted octanol–water partition coefficient (Wildman–Crippen LogP) is 2.25. The molecule has 0 aliphatic carbocycles. The molecule has 32 heavy (non-hydrogen) atoms. The summed E-state index contributed by atoms with van der Waals surface area (Å²) < 4.78 is 5.25. The molecule has 2 aromatic heterocycles. The van der Waals surface area contributed by atoms with Crippen LogP contribution in [0.2, 0.25) is 0 Å². The van der Waals surface area contributed by atoms with E-state index in [2.05, 4.69) is 26.3 Å². The van der Waals surface area contributed by atoms with E-state index in [0.29, 0.717) is 51.8 Å². The highest BCUT2D eigenvalue weighted by atomic mass is 16.5. The van der Waals surface area contributed by atoms with Gasteiger partial charge >= 0.3 is 7.41 Å². The van der Waals surface area contributed by atoms with E-state index in [1.807, 2.05) is 6.07 Å². The lowest BCUT2D eigenvalue weighted by atomic mass is 9.84. The highest BCUT2D eigenvalue weighted by Crippen LogP contribution is 2.43. The van der Waals surface area contributed by atoms with Gasteiger partial charge in [-0.25, -0.2) is 15.0 Å². The van der Waals surface area contributed by atoms with Crippen molar-refractivity contribution < 1.29 is 14.3 Å². The summed E-state index contributed by atoms with van der Waals surface area (Å²) in [6, 6.07) is 11.0. The van der Waals surface area contributed by atoms with E-state index in [0.717, 1.165) is 6.29 Å². The third-order valence-electron chi connectivity index (χ3n) is 5.29. The number of methoxy groups -OCH3 is 1. The van der Waals surface area contributed by atoms with Crippen LogP contribution in [0, 0.1) is 11.3 Å². The second-order valence-corrected chi connectivity index (χ2v) is 7.43. The molecule has 0 saturated carbocycles. The summed E-state index contributed by atoms with van der Waals surface area (Å²) in [5.41, 5.74) is 2.54. The number of nitrogens with one attached hydrogen (secondary N) is 1. The molecule has 4 rings (SSSR count). The van der Waals surface area contributed by atoms with Gasteiger partial charge in [-0.15, -0.1) is 0 Å². The van der Waals surface area contributed by atoms with Crippen LogP contribution in [0.4, 0.5) is 17.3 Å². The number of nitrogens with zero attached hydrogens (tertiary/aromatic N) is 5. The Kier molecular flexibility index (Phi) is 5.56. The van der Waals surface area contributed by atoms with Gasteiger partial charge < -0.3 is 24.5 Å². The largest absolute Gasteiger partial charge is 0.480 e. The topological polar surface area (TPSA) is 121 Å². The quantitative estimate of drug-likeness (QED) is 0.449. The van der Waals surface area contributed by atoms with Gasteiger partial charge in [0.1, 0.15) is 24.2 Å². The molecule has 0 fully saturated rings. The number of nitriles is 1. The number of rotatable bonds is 7. The Hall–Kier alpha value is -4.26. The van der Waals surface area contributed by atoms with Crippen molar-refractivity contribution in [2.75, 3.05) is 23.8 Å². The smallest absolute Gasteiger partial charge is 0.329 e. The van der Waals surface area contributed by atoms with Crippen LogP contribution < -0.4 is 14.9 Å². The number of ether oxygens (including phenoxy) is 1. The molecule has 0 spiro atoms. The third-order valence-corrected chi connectivity index (χ3v) is 5.29. The molecular weight excluding hydrogens is 407 g/mol. The fraction of sp³-hybridized carbons (Fsp3) is 0.182. The van der Waals surface area contributed by atoms with Crippen LogP contribution in [0.3, 0.4) is 0 Å². The summed E-state index contributed by atoms with van der Waals surface area (Å²) in [5.74, 6) is 0.723. The highest BCUT2D eigenvalue weighted by molar-refractivity contribution is 6.70. The van der Waals surface area contributed by atoms with Gasteiger partial charge in [0, 0.05) is 30.2 Å². The first-order valence-corrected chi connectivity index (χ1v) is 9.72. The number of carbonyl (C=O) groups excluding carboxylic acids is 2. The SMILES string of the molecule is COc1ncccc1Nc1nccc(-c2cc(C#N)c3c(c2)C(C)(C=O)CN3[B]C=O)n1. The Morgan fingerprint density at radius 1 is 1.28 bits per heavy atom. The minimum atomic E-state index is -0.867. The van der Waals surface area contributed by atoms with Gasteiger partial charge in [0.05, 0.1) is 23.8 Å².